The summed E-state index contributed by atoms with van der Waals surface area (Å²) in [5.74, 6) is 2.53. The van der Waals surface area contributed by atoms with Gasteiger partial charge in [-0.2, -0.15) is 0 Å². The molecule has 0 aliphatic carbocycles. The van der Waals surface area contributed by atoms with Crippen LogP contribution in [0, 0.1) is 0 Å². The molecule has 25 heavy (non-hydrogen) atoms. The Morgan fingerprint density at radius 2 is 1.56 bits per heavy atom. The van der Waals surface area contributed by atoms with Crippen LogP contribution >= 0.6 is 0 Å². The average Bonchev–Trinajstić information content (AvgIpc) is 2.88. The highest BCUT2D eigenvalue weighted by molar-refractivity contribution is 5.52. The fourth-order valence-electron chi connectivity index (χ4n) is 2.56. The van der Waals surface area contributed by atoms with Crippen molar-refractivity contribution >= 4 is 17.2 Å². The summed E-state index contributed by atoms with van der Waals surface area (Å²) in [5.41, 5.74) is 12.6. The molecule has 134 valence electrons. The van der Waals surface area contributed by atoms with Crippen molar-refractivity contribution < 1.29 is 14.2 Å². The molecule has 0 unspecified atom stereocenters. The van der Waals surface area contributed by atoms with Gasteiger partial charge < -0.3 is 30.6 Å². The minimum atomic E-state index is 0.705. The number of rotatable bonds is 1. The van der Waals surface area contributed by atoms with E-state index in [-0.39, 0.29) is 0 Å². The van der Waals surface area contributed by atoms with Crippen LogP contribution in [-0.2, 0) is 4.74 Å². The van der Waals surface area contributed by atoms with Gasteiger partial charge in [-0.15, -0.1) is 0 Å². The Morgan fingerprint density at radius 1 is 0.840 bits per heavy atom. The number of benzene rings is 1. The summed E-state index contributed by atoms with van der Waals surface area (Å²) < 4.78 is 16.1. The van der Waals surface area contributed by atoms with Gasteiger partial charge in [-0.3, -0.25) is 0 Å². The Bertz CT molecular complexity index is 673. The maximum Gasteiger partial charge on any atom is 0.163 e. The van der Waals surface area contributed by atoms with Gasteiger partial charge in [0.15, 0.2) is 11.5 Å². The van der Waals surface area contributed by atoms with Crippen LogP contribution in [0.15, 0.2) is 36.5 Å². The maximum atomic E-state index is 5.60. The molecule has 1 fully saturated rings. The van der Waals surface area contributed by atoms with Crippen LogP contribution in [0.4, 0.5) is 17.2 Å². The molecule has 2 aromatic rings. The highest BCUT2D eigenvalue weighted by Gasteiger charge is 2.11. The molecule has 0 bridgehead atoms. The van der Waals surface area contributed by atoms with Crippen LogP contribution in [0.1, 0.15) is 6.42 Å². The third-order valence-electron chi connectivity index (χ3n) is 3.88. The lowest BCUT2D eigenvalue weighted by molar-refractivity contribution is 0.122. The number of aromatic nitrogens is 1. The van der Waals surface area contributed by atoms with Crippen LogP contribution < -0.4 is 25.8 Å². The van der Waals surface area contributed by atoms with E-state index in [1.165, 1.54) is 0 Å². The normalized spacial score (nSPS) is 16.4. The summed E-state index contributed by atoms with van der Waals surface area (Å²) in [6, 6.07) is 9.27. The number of anilines is 3. The summed E-state index contributed by atoms with van der Waals surface area (Å²) in [6.07, 6.45) is 2.61. The predicted molar refractivity (Wildman–Crippen MR) is 98.1 cm³/mol. The second-order valence-corrected chi connectivity index (χ2v) is 5.81. The Morgan fingerprint density at radius 3 is 2.28 bits per heavy atom. The van der Waals surface area contributed by atoms with Crippen LogP contribution in [0.5, 0.6) is 11.5 Å². The van der Waals surface area contributed by atoms with E-state index < -0.39 is 0 Å². The highest BCUT2D eigenvalue weighted by atomic mass is 16.5. The molecule has 7 heteroatoms. The van der Waals surface area contributed by atoms with Crippen molar-refractivity contribution in [1.82, 2.24) is 4.98 Å². The number of pyridine rings is 1. The van der Waals surface area contributed by atoms with Crippen LogP contribution in [0.3, 0.4) is 0 Å². The molecule has 2 aliphatic rings. The Hall–Kier alpha value is -2.67. The zero-order chi connectivity index (χ0) is 17.5. The van der Waals surface area contributed by atoms with Gasteiger partial charge in [-0.05, 0) is 24.3 Å². The van der Waals surface area contributed by atoms with Gasteiger partial charge in [-0.1, -0.05) is 0 Å². The largest absolute Gasteiger partial charge is 0.490 e. The monoisotopic (exact) mass is 344 g/mol. The summed E-state index contributed by atoms with van der Waals surface area (Å²) in [7, 11) is 0. The van der Waals surface area contributed by atoms with Crippen molar-refractivity contribution in [3.8, 4) is 11.5 Å². The number of fused-ring (bicyclic) bond motifs is 1. The number of nitrogens with two attached hydrogens (primary N) is 2. The molecule has 1 saturated heterocycles. The number of hydrogen-bond donors (Lipinski definition) is 2. The van der Waals surface area contributed by atoms with E-state index >= 15 is 0 Å². The SMILES string of the molecule is Nc1ccc(N2CCOCC2)nc1.Nc1ccc2c(c1)OCCCO2. The van der Waals surface area contributed by atoms with E-state index in [2.05, 4.69) is 9.88 Å². The highest BCUT2D eigenvalue weighted by Crippen LogP contribution is 2.30. The van der Waals surface area contributed by atoms with E-state index in [0.717, 1.165) is 56.6 Å². The topological polar surface area (TPSA) is 95.9 Å². The minimum absolute atomic E-state index is 0.705. The molecule has 2 aliphatic heterocycles. The van der Waals surface area contributed by atoms with Gasteiger partial charge in [0.05, 0.1) is 38.3 Å². The van der Waals surface area contributed by atoms with Crippen molar-refractivity contribution in [2.75, 3.05) is 55.9 Å². The van der Waals surface area contributed by atoms with E-state index in [1.54, 1.807) is 12.3 Å². The first-order chi connectivity index (χ1) is 12.2. The minimum Gasteiger partial charge on any atom is -0.490 e. The molecule has 4 rings (SSSR count). The van der Waals surface area contributed by atoms with Gasteiger partial charge in [-0.25, -0.2) is 4.98 Å². The first-order valence-electron chi connectivity index (χ1n) is 8.42. The third-order valence-corrected chi connectivity index (χ3v) is 3.88. The molecule has 1 aromatic carbocycles. The van der Waals surface area contributed by atoms with Crippen LogP contribution in [-0.4, -0.2) is 44.5 Å². The molecule has 0 spiro atoms. The number of morpholine rings is 1. The molecule has 0 atom stereocenters. The van der Waals surface area contributed by atoms with E-state index in [1.807, 2.05) is 24.3 Å². The van der Waals surface area contributed by atoms with Gasteiger partial charge in [0, 0.05) is 31.3 Å². The average molecular weight is 344 g/mol. The molecule has 7 nitrogen and oxygen atoms in total. The van der Waals surface area contributed by atoms with Crippen molar-refractivity contribution in [2.24, 2.45) is 0 Å². The zero-order valence-electron chi connectivity index (χ0n) is 14.2. The second kappa shape index (κ2) is 8.43. The van der Waals surface area contributed by atoms with E-state index in [4.69, 9.17) is 25.7 Å². The van der Waals surface area contributed by atoms with Crippen molar-refractivity contribution in [1.29, 1.82) is 0 Å². The van der Waals surface area contributed by atoms with Gasteiger partial charge in [0.1, 0.15) is 5.82 Å². The predicted octanol–water partition coefficient (Wildman–Crippen LogP) is 1.93. The molecular weight excluding hydrogens is 320 g/mol. The van der Waals surface area contributed by atoms with E-state index in [0.29, 0.717) is 18.0 Å². The molecule has 4 N–H and O–H groups in total. The number of hydrogen-bond acceptors (Lipinski definition) is 7. The summed E-state index contributed by atoms with van der Waals surface area (Å²) >= 11 is 0. The van der Waals surface area contributed by atoms with Crippen molar-refractivity contribution in [3.63, 3.8) is 0 Å². The Kier molecular flexibility index (Phi) is 5.79. The maximum absolute atomic E-state index is 5.60. The molecule has 0 saturated carbocycles. The first kappa shape index (κ1) is 17.2. The fraction of sp³-hybridized carbons (Fsp3) is 0.389. The van der Waals surface area contributed by atoms with Gasteiger partial charge in [0.2, 0.25) is 0 Å². The van der Waals surface area contributed by atoms with E-state index in [9.17, 15) is 0 Å². The third kappa shape index (κ3) is 4.90. The number of ether oxygens (including phenoxy) is 3. The number of nitrogens with zero attached hydrogens (tertiary/aromatic N) is 2. The lowest BCUT2D eigenvalue weighted by atomic mass is 10.3. The van der Waals surface area contributed by atoms with Crippen LogP contribution in [0.25, 0.3) is 0 Å². The summed E-state index contributed by atoms with van der Waals surface area (Å²) in [4.78, 5) is 6.44. The molecule has 3 heterocycles. The van der Waals surface area contributed by atoms with Crippen molar-refractivity contribution in [3.05, 3.63) is 36.5 Å². The van der Waals surface area contributed by atoms with Crippen LogP contribution in [0.2, 0.25) is 0 Å². The smallest absolute Gasteiger partial charge is 0.163 e. The fourth-order valence-corrected chi connectivity index (χ4v) is 2.56. The first-order valence-corrected chi connectivity index (χ1v) is 8.42. The summed E-state index contributed by atoms with van der Waals surface area (Å²) in [6.45, 7) is 4.82. The standard InChI is InChI=1S/C9H13N3O.C9H11NO2/c10-8-1-2-9(11-7-8)12-3-5-13-6-4-12;10-7-2-3-8-9(6-7)12-5-1-4-11-8/h1-2,7H,3-6,10H2;2-3,6H,1,4-5,10H2. The van der Waals surface area contributed by atoms with Gasteiger partial charge in [0.25, 0.3) is 0 Å². The second-order valence-electron chi connectivity index (χ2n) is 5.81. The Labute approximate surface area is 147 Å². The molecule has 0 radical (unpaired) electrons. The number of nitrogen functional groups attached to an aromatic ring is 2. The van der Waals surface area contributed by atoms with Gasteiger partial charge >= 0.3 is 0 Å². The van der Waals surface area contributed by atoms with Crippen molar-refractivity contribution in [2.45, 2.75) is 6.42 Å². The molecule has 0 amide bonds. The molecular formula is C18H24N4O3. The Balaban J connectivity index is 0.000000146. The lowest BCUT2D eigenvalue weighted by Crippen LogP contribution is -2.36. The lowest BCUT2D eigenvalue weighted by Gasteiger charge is -2.27. The zero-order valence-corrected chi connectivity index (χ0v) is 14.2. The molecule has 1 aromatic heterocycles. The summed E-state index contributed by atoms with van der Waals surface area (Å²) in [5, 5.41) is 0. The quantitative estimate of drug-likeness (QED) is 0.763.